The maximum Gasteiger partial charge on any atom is 0.343 e. The molecular weight excluding hydrogens is 276 g/mol. The van der Waals surface area contributed by atoms with Crippen LogP contribution in [0.15, 0.2) is 17.8 Å². The first-order valence-corrected chi connectivity index (χ1v) is 6.28. The molecule has 0 saturated heterocycles. The highest BCUT2D eigenvalue weighted by Gasteiger charge is 2.30. The SMILES string of the molecule is CCOC(=O)c1cnc(C)nc1NN1C(=O)C=C(C)C1=O. The number of hydrogen-bond acceptors (Lipinski definition) is 7. The minimum Gasteiger partial charge on any atom is -0.462 e. The molecule has 1 aromatic rings. The van der Waals surface area contributed by atoms with Crippen molar-refractivity contribution < 1.29 is 19.1 Å². The van der Waals surface area contributed by atoms with Crippen molar-refractivity contribution in [3.63, 3.8) is 0 Å². The standard InChI is InChI=1S/C13H14N4O4/c1-4-21-13(20)9-6-14-8(3)15-11(9)16-17-10(18)5-7(2)12(17)19/h5-6H,4H2,1-3H3,(H,14,15,16). The Hall–Kier alpha value is -2.77. The van der Waals surface area contributed by atoms with Crippen LogP contribution in [0, 0.1) is 6.92 Å². The lowest BCUT2D eigenvalue weighted by molar-refractivity contribution is -0.135. The van der Waals surface area contributed by atoms with Gasteiger partial charge < -0.3 is 4.74 Å². The van der Waals surface area contributed by atoms with Gasteiger partial charge in [-0.05, 0) is 20.8 Å². The maximum atomic E-state index is 11.8. The zero-order chi connectivity index (χ0) is 15.6. The molecule has 0 bridgehead atoms. The topological polar surface area (TPSA) is 101 Å². The van der Waals surface area contributed by atoms with Crippen molar-refractivity contribution in [2.45, 2.75) is 20.8 Å². The van der Waals surface area contributed by atoms with Gasteiger partial charge in [0.25, 0.3) is 11.8 Å². The van der Waals surface area contributed by atoms with Gasteiger partial charge in [-0.2, -0.15) is 5.01 Å². The van der Waals surface area contributed by atoms with Crippen LogP contribution in [0.4, 0.5) is 5.82 Å². The van der Waals surface area contributed by atoms with E-state index >= 15 is 0 Å². The smallest absolute Gasteiger partial charge is 0.343 e. The van der Waals surface area contributed by atoms with Crippen LogP contribution in [0.25, 0.3) is 0 Å². The molecule has 0 unspecified atom stereocenters. The van der Waals surface area contributed by atoms with Gasteiger partial charge in [-0.1, -0.05) is 0 Å². The number of aromatic nitrogens is 2. The van der Waals surface area contributed by atoms with Gasteiger partial charge in [-0.25, -0.2) is 14.8 Å². The van der Waals surface area contributed by atoms with Crippen LogP contribution in [0.5, 0.6) is 0 Å². The molecule has 0 atom stereocenters. The summed E-state index contributed by atoms with van der Waals surface area (Å²) in [5.41, 5.74) is 2.90. The molecule has 8 heteroatoms. The second-order valence-electron chi connectivity index (χ2n) is 4.32. The first-order valence-electron chi connectivity index (χ1n) is 6.28. The highest BCUT2D eigenvalue weighted by Crippen LogP contribution is 2.18. The van der Waals surface area contributed by atoms with Gasteiger partial charge in [0, 0.05) is 17.8 Å². The van der Waals surface area contributed by atoms with Crippen LogP contribution in [-0.2, 0) is 14.3 Å². The van der Waals surface area contributed by atoms with Crippen molar-refractivity contribution in [2.75, 3.05) is 12.0 Å². The number of nitrogens with zero attached hydrogens (tertiary/aromatic N) is 3. The molecule has 0 fully saturated rings. The molecule has 1 aliphatic rings. The van der Waals surface area contributed by atoms with E-state index in [-0.39, 0.29) is 18.0 Å². The number of aryl methyl sites for hydroxylation is 1. The lowest BCUT2D eigenvalue weighted by Crippen LogP contribution is -2.37. The number of hydrogen-bond donors (Lipinski definition) is 1. The van der Waals surface area contributed by atoms with E-state index in [1.54, 1.807) is 13.8 Å². The van der Waals surface area contributed by atoms with E-state index < -0.39 is 17.8 Å². The lowest BCUT2D eigenvalue weighted by atomic mass is 10.3. The first-order chi connectivity index (χ1) is 9.93. The molecule has 8 nitrogen and oxygen atoms in total. The average molecular weight is 290 g/mol. The number of nitrogens with one attached hydrogen (secondary N) is 1. The number of hydrazine groups is 1. The minimum absolute atomic E-state index is 0.0470. The molecule has 1 N–H and O–H groups in total. The third-order valence-corrected chi connectivity index (χ3v) is 2.72. The van der Waals surface area contributed by atoms with Crippen molar-refractivity contribution in [3.8, 4) is 0 Å². The van der Waals surface area contributed by atoms with Gasteiger partial charge in [-0.3, -0.25) is 15.0 Å². The van der Waals surface area contributed by atoms with Crippen LogP contribution in [0.1, 0.15) is 30.0 Å². The highest BCUT2D eigenvalue weighted by molar-refractivity contribution is 6.16. The molecule has 2 rings (SSSR count). The third-order valence-electron chi connectivity index (χ3n) is 2.72. The molecule has 2 amide bonds. The predicted molar refractivity (Wildman–Crippen MR) is 72.0 cm³/mol. The van der Waals surface area contributed by atoms with E-state index in [2.05, 4.69) is 15.4 Å². The van der Waals surface area contributed by atoms with Crippen LogP contribution < -0.4 is 5.43 Å². The molecule has 0 radical (unpaired) electrons. The molecule has 21 heavy (non-hydrogen) atoms. The molecule has 2 heterocycles. The number of esters is 1. The van der Waals surface area contributed by atoms with E-state index in [0.717, 1.165) is 5.01 Å². The van der Waals surface area contributed by atoms with Crippen LogP contribution in [-0.4, -0.2) is 39.4 Å². The Balaban J connectivity index is 2.31. The Labute approximate surface area is 120 Å². The molecule has 0 saturated carbocycles. The van der Waals surface area contributed by atoms with Crippen LogP contribution in [0.2, 0.25) is 0 Å². The summed E-state index contributed by atoms with van der Waals surface area (Å²) >= 11 is 0. The Morgan fingerprint density at radius 1 is 1.38 bits per heavy atom. The van der Waals surface area contributed by atoms with Crippen LogP contribution >= 0.6 is 0 Å². The third kappa shape index (κ3) is 2.88. The Morgan fingerprint density at radius 3 is 2.67 bits per heavy atom. The second-order valence-corrected chi connectivity index (χ2v) is 4.32. The van der Waals surface area contributed by atoms with Crippen molar-refractivity contribution in [1.82, 2.24) is 15.0 Å². The van der Waals surface area contributed by atoms with E-state index in [0.29, 0.717) is 11.4 Å². The Kier molecular flexibility index (Phi) is 3.97. The number of carbonyl (C=O) groups excluding carboxylic acids is 3. The molecule has 1 aromatic heterocycles. The van der Waals surface area contributed by atoms with Gasteiger partial charge in [0.15, 0.2) is 5.82 Å². The summed E-state index contributed by atoms with van der Waals surface area (Å²) in [6, 6.07) is 0. The summed E-state index contributed by atoms with van der Waals surface area (Å²) in [5.74, 6) is -1.22. The number of rotatable bonds is 4. The molecule has 0 aliphatic carbocycles. The number of anilines is 1. The summed E-state index contributed by atoms with van der Waals surface area (Å²) in [6.07, 6.45) is 2.49. The van der Waals surface area contributed by atoms with Crippen LogP contribution in [0.3, 0.4) is 0 Å². The van der Waals surface area contributed by atoms with E-state index in [1.165, 1.54) is 19.2 Å². The monoisotopic (exact) mass is 290 g/mol. The summed E-state index contributed by atoms with van der Waals surface area (Å²) in [4.78, 5) is 43.3. The summed E-state index contributed by atoms with van der Waals surface area (Å²) in [6.45, 7) is 5.01. The van der Waals surface area contributed by atoms with Crippen molar-refractivity contribution in [2.24, 2.45) is 0 Å². The fourth-order valence-corrected chi connectivity index (χ4v) is 1.71. The van der Waals surface area contributed by atoms with E-state index in [4.69, 9.17) is 4.74 Å². The fourth-order valence-electron chi connectivity index (χ4n) is 1.71. The largest absolute Gasteiger partial charge is 0.462 e. The van der Waals surface area contributed by atoms with Gasteiger partial charge in [0.05, 0.1) is 6.61 Å². The molecule has 1 aliphatic heterocycles. The lowest BCUT2D eigenvalue weighted by Gasteiger charge is -2.18. The number of amides is 2. The number of carbonyl (C=O) groups is 3. The van der Waals surface area contributed by atoms with Gasteiger partial charge in [0.1, 0.15) is 11.4 Å². The predicted octanol–water partition coefficient (Wildman–Crippen LogP) is 0.604. The maximum absolute atomic E-state index is 11.8. The quantitative estimate of drug-likeness (QED) is 0.640. The second kappa shape index (κ2) is 5.70. The normalized spacial score (nSPS) is 14.2. The zero-order valence-electron chi connectivity index (χ0n) is 11.8. The highest BCUT2D eigenvalue weighted by atomic mass is 16.5. The molecular formula is C13H14N4O4. The van der Waals surface area contributed by atoms with Gasteiger partial charge >= 0.3 is 5.97 Å². The Morgan fingerprint density at radius 2 is 2.10 bits per heavy atom. The molecule has 0 spiro atoms. The Bertz CT molecular complexity index is 654. The zero-order valence-corrected chi connectivity index (χ0v) is 11.8. The average Bonchev–Trinajstić information content (AvgIpc) is 2.66. The number of imide groups is 1. The van der Waals surface area contributed by atoms with Gasteiger partial charge in [-0.15, -0.1) is 0 Å². The summed E-state index contributed by atoms with van der Waals surface area (Å²) in [5, 5.41) is 0.792. The van der Waals surface area contributed by atoms with Gasteiger partial charge in [0.2, 0.25) is 0 Å². The first kappa shape index (κ1) is 14.6. The van der Waals surface area contributed by atoms with E-state index in [1.807, 2.05) is 0 Å². The molecule has 110 valence electrons. The number of ether oxygens (including phenoxy) is 1. The van der Waals surface area contributed by atoms with Crippen molar-refractivity contribution in [1.29, 1.82) is 0 Å². The summed E-state index contributed by atoms with van der Waals surface area (Å²) < 4.78 is 4.89. The van der Waals surface area contributed by atoms with E-state index in [9.17, 15) is 14.4 Å². The van der Waals surface area contributed by atoms with Crippen molar-refractivity contribution in [3.05, 3.63) is 29.2 Å². The minimum atomic E-state index is -0.635. The molecule has 0 aromatic carbocycles. The van der Waals surface area contributed by atoms with Crippen molar-refractivity contribution >= 4 is 23.6 Å². The fraction of sp³-hybridized carbons (Fsp3) is 0.308. The summed E-state index contributed by atoms with van der Waals surface area (Å²) in [7, 11) is 0.